The Morgan fingerprint density at radius 3 is 2.41 bits per heavy atom. The molecule has 1 heterocycles. The number of hydrogen-bond donors (Lipinski definition) is 1. The van der Waals surface area contributed by atoms with Gasteiger partial charge in [0, 0.05) is 31.1 Å². The molecule has 0 radical (unpaired) electrons. The Kier molecular flexibility index (Phi) is 7.91. The van der Waals surface area contributed by atoms with Gasteiger partial charge in [0.2, 0.25) is 17.7 Å². The number of rotatable bonds is 7. The first-order valence-electron chi connectivity index (χ1n) is 10.5. The molecule has 0 fully saturated rings. The molecule has 1 N–H and O–H groups in total. The second-order valence-corrected chi connectivity index (χ2v) is 8.54. The molecule has 3 rings (SSSR count). The average Bonchev–Trinajstić information content (AvgIpc) is 3.24. The van der Waals surface area contributed by atoms with Gasteiger partial charge in [0.25, 0.3) is 0 Å². The number of nitrogens with zero attached hydrogens (tertiary/aromatic N) is 3. The molecule has 3 amide bonds. The van der Waals surface area contributed by atoms with Crippen LogP contribution in [0, 0.1) is 19.7 Å². The van der Waals surface area contributed by atoms with Gasteiger partial charge in [-0.25, -0.2) is 9.37 Å². The summed E-state index contributed by atoms with van der Waals surface area (Å²) in [4.78, 5) is 43.8. The van der Waals surface area contributed by atoms with Crippen LogP contribution in [-0.2, 0) is 14.4 Å². The predicted molar refractivity (Wildman–Crippen MR) is 133 cm³/mol. The van der Waals surface area contributed by atoms with Crippen LogP contribution in [0.25, 0.3) is 6.08 Å². The van der Waals surface area contributed by atoms with E-state index in [0.29, 0.717) is 5.69 Å². The minimum absolute atomic E-state index is 0.102. The zero-order valence-electron chi connectivity index (χ0n) is 19.3. The van der Waals surface area contributed by atoms with Gasteiger partial charge in [0.05, 0.1) is 17.9 Å². The lowest BCUT2D eigenvalue weighted by Crippen LogP contribution is -2.34. The second kappa shape index (κ2) is 10.8. The van der Waals surface area contributed by atoms with Crippen LogP contribution in [0.4, 0.5) is 20.9 Å². The van der Waals surface area contributed by atoms with Gasteiger partial charge in [0.15, 0.2) is 5.13 Å². The number of carbonyl (C=O) groups excluding carboxylic acids is 3. The van der Waals surface area contributed by atoms with E-state index in [1.165, 1.54) is 54.1 Å². The SMILES string of the molecule is CC(=O)N(c1nc(C=CC(=O)N(C)CC(=O)Nc2c(C)cccc2C)cs1)c1ccccc1F. The molecule has 7 nitrogen and oxygen atoms in total. The zero-order chi connectivity index (χ0) is 24.8. The summed E-state index contributed by atoms with van der Waals surface area (Å²) in [6.45, 7) is 5.01. The number of amides is 3. The van der Waals surface area contributed by atoms with Gasteiger partial charge >= 0.3 is 0 Å². The molecule has 0 unspecified atom stereocenters. The molecule has 9 heteroatoms. The predicted octanol–water partition coefficient (Wildman–Crippen LogP) is 4.69. The van der Waals surface area contributed by atoms with Gasteiger partial charge < -0.3 is 10.2 Å². The number of nitrogens with one attached hydrogen (secondary N) is 1. The normalized spacial score (nSPS) is 10.9. The van der Waals surface area contributed by atoms with Crippen LogP contribution >= 0.6 is 11.3 Å². The van der Waals surface area contributed by atoms with Crippen LogP contribution in [0.1, 0.15) is 23.7 Å². The lowest BCUT2D eigenvalue weighted by molar-refractivity contribution is -0.129. The Morgan fingerprint density at radius 1 is 1.09 bits per heavy atom. The van der Waals surface area contributed by atoms with Crippen molar-refractivity contribution in [1.82, 2.24) is 9.88 Å². The van der Waals surface area contributed by atoms with Gasteiger partial charge in [-0.15, -0.1) is 11.3 Å². The smallest absolute Gasteiger partial charge is 0.246 e. The summed E-state index contributed by atoms with van der Waals surface area (Å²) >= 11 is 1.15. The summed E-state index contributed by atoms with van der Waals surface area (Å²) in [5.41, 5.74) is 3.16. The number of hydrogen-bond acceptors (Lipinski definition) is 5. The van der Waals surface area contributed by atoms with Crippen LogP contribution in [0.5, 0.6) is 0 Å². The summed E-state index contributed by atoms with van der Waals surface area (Å²) in [5.74, 6) is -1.62. The molecule has 1 aromatic heterocycles. The molecule has 3 aromatic rings. The highest BCUT2D eigenvalue weighted by molar-refractivity contribution is 7.14. The highest BCUT2D eigenvalue weighted by Gasteiger charge is 2.20. The van der Waals surface area contributed by atoms with Crippen molar-refractivity contribution in [3.63, 3.8) is 0 Å². The quantitative estimate of drug-likeness (QED) is 0.497. The van der Waals surface area contributed by atoms with Gasteiger partial charge in [-0.3, -0.25) is 19.3 Å². The maximum atomic E-state index is 14.2. The van der Waals surface area contributed by atoms with Crippen LogP contribution in [0.15, 0.2) is 53.9 Å². The minimum Gasteiger partial charge on any atom is -0.333 e. The number of thiazole rings is 1. The van der Waals surface area contributed by atoms with E-state index < -0.39 is 5.82 Å². The number of aromatic nitrogens is 1. The van der Waals surface area contributed by atoms with E-state index in [0.717, 1.165) is 28.2 Å². The van der Waals surface area contributed by atoms with Gasteiger partial charge in [0.1, 0.15) is 5.82 Å². The van der Waals surface area contributed by atoms with Gasteiger partial charge in [-0.05, 0) is 43.2 Å². The minimum atomic E-state index is -0.541. The Morgan fingerprint density at radius 2 is 1.76 bits per heavy atom. The van der Waals surface area contributed by atoms with E-state index in [-0.39, 0.29) is 35.1 Å². The highest BCUT2D eigenvalue weighted by Crippen LogP contribution is 2.31. The maximum absolute atomic E-state index is 14.2. The number of carbonyl (C=O) groups is 3. The van der Waals surface area contributed by atoms with Crippen LogP contribution in [-0.4, -0.2) is 41.2 Å². The average molecular weight is 481 g/mol. The zero-order valence-corrected chi connectivity index (χ0v) is 20.1. The van der Waals surface area contributed by atoms with Crippen LogP contribution in [0.3, 0.4) is 0 Å². The first-order valence-corrected chi connectivity index (χ1v) is 11.4. The molecular weight excluding hydrogens is 455 g/mol. The molecule has 0 atom stereocenters. The fourth-order valence-electron chi connectivity index (χ4n) is 3.26. The first kappa shape index (κ1) is 24.8. The molecule has 0 saturated carbocycles. The van der Waals surface area contributed by atoms with E-state index in [2.05, 4.69) is 10.3 Å². The van der Waals surface area contributed by atoms with Crippen molar-refractivity contribution in [3.05, 3.63) is 76.6 Å². The molecule has 0 spiro atoms. The van der Waals surface area contributed by atoms with E-state index in [9.17, 15) is 18.8 Å². The molecular formula is C25H25FN4O3S. The number of anilines is 3. The number of para-hydroxylation sites is 2. The van der Waals surface area contributed by atoms with Crippen molar-refractivity contribution in [1.29, 1.82) is 0 Å². The topological polar surface area (TPSA) is 82.6 Å². The molecule has 2 aromatic carbocycles. The fraction of sp³-hybridized carbons (Fsp3) is 0.200. The van der Waals surface area contributed by atoms with Crippen LogP contribution in [0.2, 0.25) is 0 Å². The Labute approximate surface area is 201 Å². The molecule has 34 heavy (non-hydrogen) atoms. The summed E-state index contributed by atoms with van der Waals surface area (Å²) in [5, 5.41) is 4.79. The Balaban J connectivity index is 1.65. The molecule has 0 aliphatic rings. The van der Waals surface area contributed by atoms with Crippen LogP contribution < -0.4 is 10.2 Å². The lowest BCUT2D eigenvalue weighted by Gasteiger charge is -2.18. The summed E-state index contributed by atoms with van der Waals surface area (Å²) in [6, 6.07) is 11.7. The lowest BCUT2D eigenvalue weighted by atomic mass is 10.1. The molecule has 0 aliphatic carbocycles. The van der Waals surface area contributed by atoms with Crippen molar-refractivity contribution < 1.29 is 18.8 Å². The summed E-state index contributed by atoms with van der Waals surface area (Å²) < 4.78 is 14.2. The van der Waals surface area contributed by atoms with Crippen molar-refractivity contribution in [3.8, 4) is 0 Å². The van der Waals surface area contributed by atoms with E-state index >= 15 is 0 Å². The van der Waals surface area contributed by atoms with Crippen molar-refractivity contribution in [2.45, 2.75) is 20.8 Å². The van der Waals surface area contributed by atoms with Crippen molar-refractivity contribution in [2.24, 2.45) is 0 Å². The third kappa shape index (κ3) is 5.93. The first-order chi connectivity index (χ1) is 16.2. The number of halogens is 1. The van der Waals surface area contributed by atoms with Gasteiger partial charge in [-0.2, -0.15) is 0 Å². The third-order valence-corrected chi connectivity index (χ3v) is 5.85. The third-order valence-electron chi connectivity index (χ3n) is 5.01. The van der Waals surface area contributed by atoms with Crippen molar-refractivity contribution >= 4 is 51.6 Å². The fourth-order valence-corrected chi connectivity index (χ4v) is 4.11. The van der Waals surface area contributed by atoms with E-state index in [4.69, 9.17) is 0 Å². The molecule has 0 aliphatic heterocycles. The largest absolute Gasteiger partial charge is 0.333 e. The molecule has 0 bridgehead atoms. The maximum Gasteiger partial charge on any atom is 0.246 e. The summed E-state index contributed by atoms with van der Waals surface area (Å²) in [7, 11) is 1.53. The van der Waals surface area contributed by atoms with Gasteiger partial charge in [-0.1, -0.05) is 30.3 Å². The standard InChI is InChI=1S/C25H25FN4O3S/c1-16-8-7-9-17(2)24(16)28-22(32)14-29(4)23(33)13-12-19-15-34-25(27-19)30(18(3)31)21-11-6-5-10-20(21)26/h5-13,15H,14H2,1-4H3,(H,28,32). The Hall–Kier alpha value is -3.85. The molecule has 176 valence electrons. The second-order valence-electron chi connectivity index (χ2n) is 7.70. The molecule has 0 saturated heterocycles. The Bertz CT molecular complexity index is 1230. The van der Waals surface area contributed by atoms with E-state index in [1.54, 1.807) is 11.4 Å². The monoisotopic (exact) mass is 480 g/mol. The van der Waals surface area contributed by atoms with E-state index in [1.807, 2.05) is 32.0 Å². The highest BCUT2D eigenvalue weighted by atomic mass is 32.1. The summed E-state index contributed by atoms with van der Waals surface area (Å²) in [6.07, 6.45) is 2.79. The van der Waals surface area contributed by atoms with Crippen molar-refractivity contribution in [2.75, 3.05) is 23.8 Å². The number of likely N-dealkylation sites (N-methyl/N-ethyl adjacent to an activating group) is 1. The number of benzene rings is 2. The number of aryl methyl sites for hydroxylation is 2.